The summed E-state index contributed by atoms with van der Waals surface area (Å²) < 4.78 is 1.10. The van der Waals surface area contributed by atoms with Crippen molar-refractivity contribution in [1.82, 2.24) is 0 Å². The highest BCUT2D eigenvalue weighted by Gasteiger charge is 2.06. The standard InChI is InChI=1S/C10H8OS/c1-2-8-10(11)7-5-3-4-6-9(7)12-8/h2-6,11H,1H2. The highest BCUT2D eigenvalue weighted by Crippen LogP contribution is 2.36. The minimum absolute atomic E-state index is 0.352. The van der Waals surface area contributed by atoms with E-state index in [1.807, 2.05) is 24.3 Å². The van der Waals surface area contributed by atoms with Crippen LogP contribution in [0, 0.1) is 0 Å². The van der Waals surface area contributed by atoms with E-state index in [0.717, 1.165) is 15.0 Å². The molecule has 1 aromatic carbocycles. The van der Waals surface area contributed by atoms with Crippen molar-refractivity contribution in [3.8, 4) is 5.75 Å². The third kappa shape index (κ3) is 0.924. The van der Waals surface area contributed by atoms with E-state index in [0.29, 0.717) is 5.75 Å². The van der Waals surface area contributed by atoms with Crippen LogP contribution >= 0.6 is 11.3 Å². The molecule has 2 rings (SSSR count). The molecule has 1 heterocycles. The van der Waals surface area contributed by atoms with Crippen molar-refractivity contribution in [2.75, 3.05) is 0 Å². The highest BCUT2D eigenvalue weighted by molar-refractivity contribution is 7.20. The molecule has 0 aliphatic carbocycles. The Bertz CT molecular complexity index is 428. The van der Waals surface area contributed by atoms with Gasteiger partial charge in [-0.2, -0.15) is 0 Å². The third-order valence-electron chi connectivity index (χ3n) is 1.78. The van der Waals surface area contributed by atoms with Gasteiger partial charge in [0, 0.05) is 10.1 Å². The summed E-state index contributed by atoms with van der Waals surface area (Å²) in [5.41, 5.74) is 0. The van der Waals surface area contributed by atoms with Gasteiger partial charge >= 0.3 is 0 Å². The summed E-state index contributed by atoms with van der Waals surface area (Å²) in [6.45, 7) is 3.64. The summed E-state index contributed by atoms with van der Waals surface area (Å²) in [7, 11) is 0. The minimum Gasteiger partial charge on any atom is -0.506 e. The maximum Gasteiger partial charge on any atom is 0.141 e. The lowest BCUT2D eigenvalue weighted by Gasteiger charge is -1.88. The number of aromatic hydroxyl groups is 1. The summed E-state index contributed by atoms with van der Waals surface area (Å²) in [5, 5.41) is 10.5. The fraction of sp³-hybridized carbons (Fsp3) is 0. The van der Waals surface area contributed by atoms with Crippen LogP contribution in [0.5, 0.6) is 5.75 Å². The number of hydrogen-bond acceptors (Lipinski definition) is 2. The molecule has 0 fully saturated rings. The Morgan fingerprint density at radius 1 is 1.33 bits per heavy atom. The van der Waals surface area contributed by atoms with Gasteiger partial charge in [-0.1, -0.05) is 18.7 Å². The largest absolute Gasteiger partial charge is 0.506 e. The van der Waals surface area contributed by atoms with Gasteiger partial charge in [-0.15, -0.1) is 11.3 Å². The molecule has 0 atom stereocenters. The molecule has 1 nitrogen and oxygen atoms in total. The van der Waals surface area contributed by atoms with Crippen molar-refractivity contribution < 1.29 is 5.11 Å². The first kappa shape index (κ1) is 7.37. The molecule has 2 heteroatoms. The molecule has 1 aromatic heterocycles. The Kier molecular flexibility index (Phi) is 1.62. The van der Waals surface area contributed by atoms with Crippen molar-refractivity contribution in [1.29, 1.82) is 0 Å². The van der Waals surface area contributed by atoms with Crippen molar-refractivity contribution in [3.63, 3.8) is 0 Å². The zero-order valence-corrected chi connectivity index (χ0v) is 7.27. The van der Waals surface area contributed by atoms with E-state index in [1.54, 1.807) is 17.4 Å². The van der Waals surface area contributed by atoms with E-state index in [4.69, 9.17) is 0 Å². The third-order valence-corrected chi connectivity index (χ3v) is 2.94. The number of thiophene rings is 1. The fourth-order valence-corrected chi connectivity index (χ4v) is 2.14. The summed E-state index contributed by atoms with van der Waals surface area (Å²) in [6.07, 6.45) is 1.68. The molecule has 0 unspecified atom stereocenters. The van der Waals surface area contributed by atoms with Gasteiger partial charge in [0.25, 0.3) is 0 Å². The maximum absolute atomic E-state index is 9.63. The number of benzene rings is 1. The lowest BCUT2D eigenvalue weighted by molar-refractivity contribution is 0.482. The fourth-order valence-electron chi connectivity index (χ4n) is 1.19. The van der Waals surface area contributed by atoms with Gasteiger partial charge in [-0.25, -0.2) is 0 Å². The molecule has 0 bridgehead atoms. The van der Waals surface area contributed by atoms with Gasteiger partial charge in [0.05, 0.1) is 4.88 Å². The Morgan fingerprint density at radius 2 is 2.08 bits per heavy atom. The molecule has 1 N–H and O–H groups in total. The van der Waals surface area contributed by atoms with E-state index >= 15 is 0 Å². The van der Waals surface area contributed by atoms with E-state index < -0.39 is 0 Å². The number of hydrogen-bond donors (Lipinski definition) is 1. The highest BCUT2D eigenvalue weighted by atomic mass is 32.1. The first-order valence-electron chi connectivity index (χ1n) is 3.66. The first-order valence-corrected chi connectivity index (χ1v) is 4.47. The van der Waals surface area contributed by atoms with Crippen LogP contribution in [-0.2, 0) is 0 Å². The van der Waals surface area contributed by atoms with Crippen LogP contribution in [0.3, 0.4) is 0 Å². The predicted octanol–water partition coefficient (Wildman–Crippen LogP) is 3.25. The van der Waals surface area contributed by atoms with Gasteiger partial charge in [0.2, 0.25) is 0 Å². The van der Waals surface area contributed by atoms with Crippen LogP contribution in [0.4, 0.5) is 0 Å². The van der Waals surface area contributed by atoms with Crippen LogP contribution in [0.1, 0.15) is 4.88 Å². The van der Waals surface area contributed by atoms with Crippen LogP contribution in [0.25, 0.3) is 16.2 Å². The zero-order valence-electron chi connectivity index (χ0n) is 6.45. The van der Waals surface area contributed by atoms with Crippen LogP contribution in [0.2, 0.25) is 0 Å². The van der Waals surface area contributed by atoms with Gasteiger partial charge in [0.15, 0.2) is 0 Å². The Hall–Kier alpha value is -1.28. The van der Waals surface area contributed by atoms with E-state index in [9.17, 15) is 5.11 Å². The molecular formula is C10H8OS. The predicted molar refractivity (Wildman–Crippen MR) is 53.6 cm³/mol. The summed E-state index contributed by atoms with van der Waals surface area (Å²) in [5.74, 6) is 0.352. The molecule has 0 aliphatic heterocycles. The van der Waals surface area contributed by atoms with Gasteiger partial charge < -0.3 is 5.11 Å². The molecule has 0 aliphatic rings. The molecule has 12 heavy (non-hydrogen) atoms. The van der Waals surface area contributed by atoms with Crippen molar-refractivity contribution in [2.45, 2.75) is 0 Å². The van der Waals surface area contributed by atoms with Crippen molar-refractivity contribution in [2.24, 2.45) is 0 Å². The normalized spacial score (nSPS) is 10.3. The molecule has 0 spiro atoms. The Labute approximate surface area is 74.6 Å². The smallest absolute Gasteiger partial charge is 0.141 e. The molecular weight excluding hydrogens is 168 g/mol. The van der Waals surface area contributed by atoms with Crippen LogP contribution < -0.4 is 0 Å². The Balaban J connectivity index is 2.87. The molecule has 0 radical (unpaired) electrons. The topological polar surface area (TPSA) is 20.2 Å². The van der Waals surface area contributed by atoms with Gasteiger partial charge in [-0.05, 0) is 18.2 Å². The SMILES string of the molecule is C=Cc1sc2ccccc2c1O. The minimum atomic E-state index is 0.352. The molecule has 0 saturated heterocycles. The summed E-state index contributed by atoms with van der Waals surface area (Å²) in [4.78, 5) is 0.844. The van der Waals surface area contributed by atoms with E-state index in [1.165, 1.54) is 0 Å². The zero-order chi connectivity index (χ0) is 8.55. The van der Waals surface area contributed by atoms with E-state index in [2.05, 4.69) is 6.58 Å². The molecule has 0 saturated carbocycles. The number of fused-ring (bicyclic) bond motifs is 1. The molecule has 2 aromatic rings. The molecule has 0 amide bonds. The average Bonchev–Trinajstić information content (AvgIpc) is 2.44. The quantitative estimate of drug-likeness (QED) is 0.707. The lowest BCUT2D eigenvalue weighted by atomic mass is 10.2. The van der Waals surface area contributed by atoms with Crippen molar-refractivity contribution in [3.05, 3.63) is 35.7 Å². The summed E-state index contributed by atoms with van der Waals surface area (Å²) in [6, 6.07) is 7.79. The van der Waals surface area contributed by atoms with Crippen LogP contribution in [0.15, 0.2) is 30.8 Å². The summed E-state index contributed by atoms with van der Waals surface area (Å²) >= 11 is 1.56. The second-order valence-electron chi connectivity index (χ2n) is 2.52. The average molecular weight is 176 g/mol. The Morgan fingerprint density at radius 3 is 2.75 bits per heavy atom. The lowest BCUT2D eigenvalue weighted by Crippen LogP contribution is -1.62. The second kappa shape index (κ2) is 2.64. The first-order chi connectivity index (χ1) is 5.83. The molecule has 60 valence electrons. The monoisotopic (exact) mass is 176 g/mol. The number of rotatable bonds is 1. The van der Waals surface area contributed by atoms with Gasteiger partial charge in [0.1, 0.15) is 5.75 Å². The van der Waals surface area contributed by atoms with Crippen molar-refractivity contribution >= 4 is 27.5 Å². The van der Waals surface area contributed by atoms with Crippen LogP contribution in [-0.4, -0.2) is 5.11 Å². The van der Waals surface area contributed by atoms with E-state index in [-0.39, 0.29) is 0 Å². The van der Waals surface area contributed by atoms with Gasteiger partial charge in [-0.3, -0.25) is 0 Å². The second-order valence-corrected chi connectivity index (χ2v) is 3.60. The maximum atomic E-state index is 9.63.